The van der Waals surface area contributed by atoms with Gasteiger partial charge < -0.3 is 14.8 Å². The average Bonchev–Trinajstić information content (AvgIpc) is 2.55. The van der Waals surface area contributed by atoms with Crippen molar-refractivity contribution in [3.8, 4) is 11.5 Å². The Morgan fingerprint density at radius 2 is 1.75 bits per heavy atom. The van der Waals surface area contributed by atoms with Crippen LogP contribution in [0.2, 0.25) is 0 Å². The lowest BCUT2D eigenvalue weighted by Gasteiger charge is -2.19. The van der Waals surface area contributed by atoms with Crippen LogP contribution in [-0.2, 0) is 4.79 Å². The Labute approximate surface area is 143 Å². The minimum absolute atomic E-state index is 0.211. The summed E-state index contributed by atoms with van der Waals surface area (Å²) in [4.78, 5) is 12.5. The quantitative estimate of drug-likeness (QED) is 0.848. The fraction of sp³-hybridized carbons (Fsp3) is 0.350. The van der Waals surface area contributed by atoms with Crippen molar-refractivity contribution in [1.29, 1.82) is 0 Å². The Hall–Kier alpha value is -2.49. The third-order valence-electron chi connectivity index (χ3n) is 3.83. The number of methoxy groups -OCH3 is 1. The largest absolute Gasteiger partial charge is 0.495 e. The summed E-state index contributed by atoms with van der Waals surface area (Å²) in [6.07, 6.45) is -0.616. The second-order valence-electron chi connectivity index (χ2n) is 6.15. The van der Waals surface area contributed by atoms with E-state index in [-0.39, 0.29) is 5.91 Å². The van der Waals surface area contributed by atoms with E-state index in [2.05, 4.69) is 19.2 Å². The number of para-hydroxylation sites is 1. The van der Waals surface area contributed by atoms with E-state index in [1.807, 2.05) is 49.4 Å². The number of hydrogen-bond donors (Lipinski definition) is 1. The van der Waals surface area contributed by atoms with Gasteiger partial charge in [0.05, 0.1) is 12.8 Å². The van der Waals surface area contributed by atoms with Crippen molar-refractivity contribution in [2.75, 3.05) is 12.4 Å². The molecule has 4 nitrogen and oxygen atoms in total. The number of amides is 1. The van der Waals surface area contributed by atoms with Crippen molar-refractivity contribution in [3.05, 3.63) is 53.6 Å². The van der Waals surface area contributed by atoms with Gasteiger partial charge in [-0.15, -0.1) is 0 Å². The number of hydrogen-bond acceptors (Lipinski definition) is 3. The van der Waals surface area contributed by atoms with Gasteiger partial charge in [0.15, 0.2) is 6.10 Å². The van der Waals surface area contributed by atoms with E-state index in [0.717, 1.165) is 16.9 Å². The van der Waals surface area contributed by atoms with Crippen LogP contribution in [-0.4, -0.2) is 19.1 Å². The van der Waals surface area contributed by atoms with Crippen molar-refractivity contribution in [3.63, 3.8) is 0 Å². The third kappa shape index (κ3) is 4.28. The molecule has 1 N–H and O–H groups in total. The van der Waals surface area contributed by atoms with Gasteiger partial charge in [0, 0.05) is 0 Å². The maximum absolute atomic E-state index is 12.5. The highest BCUT2D eigenvalue weighted by molar-refractivity contribution is 5.95. The van der Waals surface area contributed by atoms with E-state index in [1.165, 1.54) is 0 Å². The van der Waals surface area contributed by atoms with Gasteiger partial charge in [-0.3, -0.25) is 4.79 Å². The summed E-state index contributed by atoms with van der Waals surface area (Å²) in [7, 11) is 1.58. The van der Waals surface area contributed by atoms with Gasteiger partial charge in [0.25, 0.3) is 5.91 Å². The summed E-state index contributed by atoms with van der Waals surface area (Å²) in [6, 6.07) is 13.5. The lowest BCUT2D eigenvalue weighted by atomic mass is 10.0. The number of aryl methyl sites for hydroxylation is 1. The maximum atomic E-state index is 12.5. The highest BCUT2D eigenvalue weighted by atomic mass is 16.5. The first-order valence-corrected chi connectivity index (χ1v) is 8.13. The second-order valence-corrected chi connectivity index (χ2v) is 6.15. The summed E-state index contributed by atoms with van der Waals surface area (Å²) in [6.45, 7) is 7.91. The number of carbonyl (C=O) groups is 1. The Morgan fingerprint density at radius 1 is 1.04 bits per heavy atom. The van der Waals surface area contributed by atoms with Crippen molar-refractivity contribution in [2.45, 2.75) is 39.7 Å². The molecule has 0 aliphatic carbocycles. The predicted molar refractivity (Wildman–Crippen MR) is 97.0 cm³/mol. The standard InChI is InChI=1S/C20H25NO3/c1-13(2)16-8-6-7-9-18(16)24-15(4)20(22)21-17-12-14(3)10-11-19(17)23-5/h6-13,15H,1-5H3,(H,21,22)/t15-/m0/s1. The van der Waals surface area contributed by atoms with Crippen LogP contribution in [0.25, 0.3) is 0 Å². The van der Waals surface area contributed by atoms with Gasteiger partial charge >= 0.3 is 0 Å². The van der Waals surface area contributed by atoms with Gasteiger partial charge in [-0.25, -0.2) is 0 Å². The molecule has 1 amide bonds. The fourth-order valence-electron chi connectivity index (χ4n) is 2.46. The SMILES string of the molecule is COc1ccc(C)cc1NC(=O)[C@H](C)Oc1ccccc1C(C)C. The number of anilines is 1. The van der Waals surface area contributed by atoms with E-state index in [9.17, 15) is 4.79 Å². The zero-order chi connectivity index (χ0) is 17.7. The highest BCUT2D eigenvalue weighted by Crippen LogP contribution is 2.28. The number of carbonyl (C=O) groups excluding carboxylic acids is 1. The van der Waals surface area contributed by atoms with E-state index < -0.39 is 6.10 Å². The van der Waals surface area contributed by atoms with E-state index in [1.54, 1.807) is 14.0 Å². The van der Waals surface area contributed by atoms with Crippen molar-refractivity contribution in [2.24, 2.45) is 0 Å². The molecule has 0 saturated carbocycles. The Morgan fingerprint density at radius 3 is 2.42 bits per heavy atom. The molecule has 0 unspecified atom stereocenters. The van der Waals surface area contributed by atoms with Crippen molar-refractivity contribution >= 4 is 11.6 Å². The maximum Gasteiger partial charge on any atom is 0.265 e. The minimum atomic E-state index is -0.616. The summed E-state index contributed by atoms with van der Waals surface area (Å²) in [5.74, 6) is 1.49. The molecule has 0 aromatic heterocycles. The number of ether oxygens (including phenoxy) is 2. The number of nitrogens with one attached hydrogen (secondary N) is 1. The van der Waals surface area contributed by atoms with Crippen LogP contribution >= 0.6 is 0 Å². The molecule has 2 rings (SSSR count). The molecule has 0 fully saturated rings. The third-order valence-corrected chi connectivity index (χ3v) is 3.83. The average molecular weight is 327 g/mol. The molecule has 0 heterocycles. The molecule has 4 heteroatoms. The molecule has 24 heavy (non-hydrogen) atoms. The van der Waals surface area contributed by atoms with Crippen molar-refractivity contribution < 1.29 is 14.3 Å². The van der Waals surface area contributed by atoms with Crippen LogP contribution in [0.1, 0.15) is 37.8 Å². The highest BCUT2D eigenvalue weighted by Gasteiger charge is 2.18. The normalized spacial score (nSPS) is 11.9. The van der Waals surface area contributed by atoms with Gasteiger partial charge in [0.1, 0.15) is 11.5 Å². The number of benzene rings is 2. The molecule has 0 radical (unpaired) electrons. The molecule has 128 valence electrons. The van der Waals surface area contributed by atoms with Crippen LogP contribution in [0.15, 0.2) is 42.5 Å². The van der Waals surface area contributed by atoms with Crippen molar-refractivity contribution in [1.82, 2.24) is 0 Å². The van der Waals surface area contributed by atoms with Gasteiger partial charge in [-0.2, -0.15) is 0 Å². The molecular formula is C20H25NO3. The predicted octanol–water partition coefficient (Wildman–Crippen LogP) is 4.53. The molecule has 2 aromatic rings. The first-order chi connectivity index (χ1) is 11.4. The molecule has 0 aliphatic heterocycles. The summed E-state index contributed by atoms with van der Waals surface area (Å²) in [5.41, 5.74) is 2.78. The Bertz CT molecular complexity index is 710. The molecule has 0 saturated heterocycles. The topological polar surface area (TPSA) is 47.6 Å². The summed E-state index contributed by atoms with van der Waals surface area (Å²) in [5, 5.41) is 2.88. The van der Waals surface area contributed by atoms with Gasteiger partial charge in [0.2, 0.25) is 0 Å². The second kappa shape index (κ2) is 7.86. The van der Waals surface area contributed by atoms with E-state index >= 15 is 0 Å². The Balaban J connectivity index is 2.12. The molecule has 2 aromatic carbocycles. The first-order valence-electron chi connectivity index (χ1n) is 8.13. The lowest BCUT2D eigenvalue weighted by molar-refractivity contribution is -0.122. The fourth-order valence-corrected chi connectivity index (χ4v) is 2.46. The first kappa shape index (κ1) is 17.9. The van der Waals surface area contributed by atoms with Crippen LogP contribution in [0.3, 0.4) is 0 Å². The smallest absolute Gasteiger partial charge is 0.265 e. The number of rotatable bonds is 6. The zero-order valence-corrected chi connectivity index (χ0v) is 14.9. The summed E-state index contributed by atoms with van der Waals surface area (Å²) >= 11 is 0. The molecule has 1 atom stereocenters. The molecular weight excluding hydrogens is 302 g/mol. The summed E-state index contributed by atoms with van der Waals surface area (Å²) < 4.78 is 11.2. The minimum Gasteiger partial charge on any atom is -0.495 e. The van der Waals surface area contributed by atoms with Crippen LogP contribution in [0.5, 0.6) is 11.5 Å². The van der Waals surface area contributed by atoms with E-state index in [0.29, 0.717) is 17.4 Å². The van der Waals surface area contributed by atoms with Crippen LogP contribution in [0.4, 0.5) is 5.69 Å². The molecule has 0 spiro atoms. The molecule has 0 bridgehead atoms. The van der Waals surface area contributed by atoms with E-state index in [4.69, 9.17) is 9.47 Å². The van der Waals surface area contributed by atoms with Crippen LogP contribution in [0, 0.1) is 6.92 Å². The lowest BCUT2D eigenvalue weighted by Crippen LogP contribution is -2.30. The van der Waals surface area contributed by atoms with Crippen LogP contribution < -0.4 is 14.8 Å². The zero-order valence-electron chi connectivity index (χ0n) is 14.9. The van der Waals surface area contributed by atoms with Gasteiger partial charge in [-0.1, -0.05) is 38.1 Å². The van der Waals surface area contributed by atoms with Gasteiger partial charge in [-0.05, 0) is 49.1 Å². The Kier molecular flexibility index (Phi) is 5.85. The monoisotopic (exact) mass is 327 g/mol. The molecule has 0 aliphatic rings.